The van der Waals surface area contributed by atoms with E-state index in [-0.39, 0.29) is 17.5 Å². The summed E-state index contributed by atoms with van der Waals surface area (Å²) in [6, 6.07) is 15.9. The molecule has 0 aliphatic heterocycles. The number of anilines is 1. The molecule has 134 valence electrons. The van der Waals surface area contributed by atoms with Crippen molar-refractivity contribution in [1.29, 1.82) is 0 Å². The third-order valence-corrected chi connectivity index (χ3v) is 3.77. The van der Waals surface area contributed by atoms with Gasteiger partial charge in [0, 0.05) is 12.7 Å². The third kappa shape index (κ3) is 3.23. The quantitative estimate of drug-likeness (QED) is 0.231. The molecule has 4 aromatic rings. The molecule has 1 aromatic carbocycles. The van der Waals surface area contributed by atoms with Crippen LogP contribution in [0.15, 0.2) is 64.0 Å². The van der Waals surface area contributed by atoms with Gasteiger partial charge in [0.25, 0.3) is 0 Å². The summed E-state index contributed by atoms with van der Waals surface area (Å²) in [6.07, 6.45) is 1.64. The van der Waals surface area contributed by atoms with Crippen molar-refractivity contribution in [1.82, 2.24) is 19.8 Å². The van der Waals surface area contributed by atoms with Gasteiger partial charge >= 0.3 is 5.88 Å². The fourth-order valence-corrected chi connectivity index (χ4v) is 2.42. The molecule has 0 atom stereocenters. The Morgan fingerprint density at radius 1 is 1.15 bits per heavy atom. The fourth-order valence-electron chi connectivity index (χ4n) is 2.42. The number of para-hydroxylation sites is 1. The number of rotatable bonds is 5. The molecule has 27 heavy (non-hydrogen) atoms. The molecule has 0 fully saturated rings. The van der Waals surface area contributed by atoms with Crippen LogP contribution in [0.2, 0.25) is 0 Å². The summed E-state index contributed by atoms with van der Waals surface area (Å²) in [6.45, 7) is 0. The lowest BCUT2D eigenvalue weighted by atomic mass is 10.3. The summed E-state index contributed by atoms with van der Waals surface area (Å²) < 4.78 is 6.61. The van der Waals surface area contributed by atoms with E-state index in [4.69, 9.17) is 4.42 Å². The van der Waals surface area contributed by atoms with Crippen molar-refractivity contribution in [3.63, 3.8) is 0 Å². The van der Waals surface area contributed by atoms with E-state index in [1.807, 2.05) is 42.3 Å². The molecule has 0 N–H and O–H groups in total. The van der Waals surface area contributed by atoms with Gasteiger partial charge in [0.1, 0.15) is 4.92 Å². The molecule has 0 saturated heterocycles. The number of fused-ring (bicyclic) bond motifs is 1. The van der Waals surface area contributed by atoms with Crippen LogP contribution in [-0.2, 0) is 0 Å². The van der Waals surface area contributed by atoms with E-state index < -0.39 is 4.92 Å². The zero-order valence-corrected chi connectivity index (χ0v) is 14.1. The Kier molecular flexibility index (Phi) is 4.05. The van der Waals surface area contributed by atoms with E-state index in [0.29, 0.717) is 11.5 Å². The van der Waals surface area contributed by atoms with Gasteiger partial charge in [-0.25, -0.2) is 4.99 Å². The van der Waals surface area contributed by atoms with Crippen LogP contribution in [0.1, 0.15) is 0 Å². The first-order valence-corrected chi connectivity index (χ1v) is 7.91. The molecule has 0 saturated carbocycles. The number of nitrogens with zero attached hydrogens (tertiary/aromatic N) is 7. The summed E-state index contributed by atoms with van der Waals surface area (Å²) >= 11 is 0. The lowest BCUT2D eigenvalue weighted by Gasteiger charge is -2.12. The summed E-state index contributed by atoms with van der Waals surface area (Å²) in [4.78, 5) is 16.4. The van der Waals surface area contributed by atoms with Gasteiger partial charge in [-0.05, 0) is 30.3 Å². The highest BCUT2D eigenvalue weighted by molar-refractivity contribution is 5.79. The Hall–Kier alpha value is -4.08. The number of furan rings is 1. The van der Waals surface area contributed by atoms with Crippen molar-refractivity contribution in [2.75, 3.05) is 11.9 Å². The lowest BCUT2D eigenvalue weighted by Crippen LogP contribution is -2.13. The van der Waals surface area contributed by atoms with Crippen molar-refractivity contribution in [2.24, 2.45) is 4.99 Å². The van der Waals surface area contributed by atoms with Crippen molar-refractivity contribution < 1.29 is 9.34 Å². The molecule has 3 heterocycles. The molecular formula is C17H13N7O3. The Balaban J connectivity index is 1.65. The standard InChI is InChI=1S/C17H13N7O3/c1-22(12-5-3-2-4-6-12)11-18-14-8-9-15-19-20-17(23(15)21-14)13-7-10-16(27-13)24(25)26/h2-11H,1H3. The number of aliphatic imine (C=N–C) groups is 1. The highest BCUT2D eigenvalue weighted by Crippen LogP contribution is 2.25. The highest BCUT2D eigenvalue weighted by Gasteiger charge is 2.18. The van der Waals surface area contributed by atoms with Crippen molar-refractivity contribution in [2.45, 2.75) is 0 Å². The SMILES string of the molecule is CN(C=Nc1ccc2nnc(-c3ccc([N+](=O)[O-])o3)n2n1)c1ccccc1. The molecule has 0 amide bonds. The molecule has 0 unspecified atom stereocenters. The second-order valence-electron chi connectivity index (χ2n) is 5.57. The van der Waals surface area contributed by atoms with Gasteiger partial charge < -0.3 is 9.32 Å². The fraction of sp³-hybridized carbons (Fsp3) is 0.0588. The first-order chi connectivity index (χ1) is 13.1. The van der Waals surface area contributed by atoms with Crippen molar-refractivity contribution >= 4 is 29.4 Å². The molecule has 4 rings (SSSR count). The summed E-state index contributed by atoms with van der Waals surface area (Å²) in [7, 11) is 1.88. The minimum absolute atomic E-state index is 0.198. The average Bonchev–Trinajstić information content (AvgIpc) is 3.33. The maximum Gasteiger partial charge on any atom is 0.433 e. The number of aromatic nitrogens is 4. The van der Waals surface area contributed by atoms with Crippen LogP contribution in [0.4, 0.5) is 17.4 Å². The molecule has 0 spiro atoms. The second-order valence-corrected chi connectivity index (χ2v) is 5.57. The Labute approximate surface area is 152 Å². The lowest BCUT2D eigenvalue weighted by molar-refractivity contribution is -0.401. The van der Waals surface area contributed by atoms with Crippen molar-refractivity contribution in [3.05, 3.63) is 64.7 Å². The van der Waals surface area contributed by atoms with Gasteiger partial charge in [0.05, 0.1) is 12.4 Å². The van der Waals surface area contributed by atoms with E-state index in [2.05, 4.69) is 20.3 Å². The van der Waals surface area contributed by atoms with E-state index in [9.17, 15) is 10.1 Å². The maximum absolute atomic E-state index is 10.8. The molecular weight excluding hydrogens is 350 g/mol. The zero-order valence-electron chi connectivity index (χ0n) is 14.1. The molecule has 10 heteroatoms. The van der Waals surface area contributed by atoms with Gasteiger partial charge in [0.2, 0.25) is 5.82 Å². The Morgan fingerprint density at radius 2 is 1.96 bits per heavy atom. The van der Waals surface area contributed by atoms with Gasteiger partial charge in [-0.3, -0.25) is 10.1 Å². The minimum Gasteiger partial charge on any atom is -0.397 e. The van der Waals surface area contributed by atoms with Crippen LogP contribution < -0.4 is 4.90 Å². The Morgan fingerprint density at radius 3 is 2.70 bits per heavy atom. The number of benzene rings is 1. The normalized spacial score (nSPS) is 11.3. The minimum atomic E-state index is -0.616. The second kappa shape index (κ2) is 6.67. The summed E-state index contributed by atoms with van der Waals surface area (Å²) in [5.74, 6) is 0.503. The molecule has 0 radical (unpaired) electrons. The van der Waals surface area contributed by atoms with Gasteiger partial charge in [-0.15, -0.1) is 15.3 Å². The van der Waals surface area contributed by atoms with Crippen molar-refractivity contribution in [3.8, 4) is 11.6 Å². The molecule has 0 aliphatic rings. The summed E-state index contributed by atoms with van der Waals surface area (Å²) in [5, 5.41) is 23.2. The Bertz CT molecular complexity index is 1130. The third-order valence-electron chi connectivity index (χ3n) is 3.77. The number of nitro groups is 1. The largest absolute Gasteiger partial charge is 0.433 e. The van der Waals surface area contributed by atoms with Gasteiger partial charge in [-0.2, -0.15) is 4.52 Å². The van der Waals surface area contributed by atoms with Crippen LogP contribution in [0, 0.1) is 10.1 Å². The van der Waals surface area contributed by atoms with Crippen LogP contribution in [0.3, 0.4) is 0 Å². The van der Waals surface area contributed by atoms with Crippen LogP contribution in [-0.4, -0.2) is 38.1 Å². The predicted octanol–water partition coefficient (Wildman–Crippen LogP) is 3.09. The van der Waals surface area contributed by atoms with E-state index in [1.54, 1.807) is 18.5 Å². The van der Waals surface area contributed by atoms with Crippen LogP contribution in [0.5, 0.6) is 0 Å². The van der Waals surface area contributed by atoms with Gasteiger partial charge in [0.15, 0.2) is 17.2 Å². The summed E-state index contributed by atoms with van der Waals surface area (Å²) in [5.41, 5.74) is 1.45. The van der Waals surface area contributed by atoms with Crippen LogP contribution in [0.25, 0.3) is 17.2 Å². The maximum atomic E-state index is 10.8. The highest BCUT2D eigenvalue weighted by atomic mass is 16.6. The molecule has 10 nitrogen and oxygen atoms in total. The first kappa shape index (κ1) is 16.4. The zero-order chi connectivity index (χ0) is 18.8. The predicted molar refractivity (Wildman–Crippen MR) is 98.1 cm³/mol. The molecule has 3 aromatic heterocycles. The van der Waals surface area contributed by atoms with E-state index >= 15 is 0 Å². The average molecular weight is 363 g/mol. The van der Waals surface area contributed by atoms with Gasteiger partial charge in [-0.1, -0.05) is 18.2 Å². The van der Waals surface area contributed by atoms with Crippen LogP contribution >= 0.6 is 0 Å². The number of hydrogen-bond donors (Lipinski definition) is 0. The van der Waals surface area contributed by atoms with E-state index in [0.717, 1.165) is 5.69 Å². The smallest absolute Gasteiger partial charge is 0.397 e. The topological polar surface area (TPSA) is 115 Å². The molecule has 0 aliphatic carbocycles. The number of hydrogen-bond acceptors (Lipinski definition) is 7. The molecule has 0 bridgehead atoms. The monoisotopic (exact) mass is 363 g/mol. The first-order valence-electron chi connectivity index (χ1n) is 7.91. The van der Waals surface area contributed by atoms with E-state index in [1.165, 1.54) is 16.6 Å².